The van der Waals surface area contributed by atoms with Crippen LogP contribution in [0.4, 0.5) is 11.4 Å². The fourth-order valence-electron chi connectivity index (χ4n) is 3.42. The second-order valence-electron chi connectivity index (χ2n) is 8.06. The van der Waals surface area contributed by atoms with Crippen molar-refractivity contribution in [1.29, 1.82) is 0 Å². The van der Waals surface area contributed by atoms with Crippen LogP contribution >= 0.6 is 0 Å². The highest BCUT2D eigenvalue weighted by atomic mass is 16.1. The summed E-state index contributed by atoms with van der Waals surface area (Å²) in [5.41, 5.74) is 3.34. The summed E-state index contributed by atoms with van der Waals surface area (Å²) in [5, 5.41) is 7.79. The van der Waals surface area contributed by atoms with E-state index in [0.29, 0.717) is 17.8 Å². The van der Waals surface area contributed by atoms with Crippen molar-refractivity contribution in [3.63, 3.8) is 0 Å². The van der Waals surface area contributed by atoms with Gasteiger partial charge in [0.05, 0.1) is 5.56 Å². The number of Topliss-reactive ketones (excluding diaryl/α,β-unsaturated/α-hetero) is 1. The first-order valence-electron chi connectivity index (χ1n) is 9.82. The molecule has 0 unspecified atom stereocenters. The lowest BCUT2D eigenvalue weighted by molar-refractivity contribution is 0.101. The molecule has 0 bridgehead atoms. The monoisotopic (exact) mass is 389 g/mol. The third-order valence-electron chi connectivity index (χ3n) is 4.85. The standard InChI is InChI=1S/C24H27N3O2/c1-6-27-23(29)22(25-19-15-11-10-14-18(19)24(3,4)5)20(16(2)28)21(26-27)17-12-8-7-9-13-17/h7-15,25H,6H2,1-5H3. The molecule has 5 nitrogen and oxygen atoms in total. The van der Waals surface area contributed by atoms with Gasteiger partial charge in [0, 0.05) is 17.8 Å². The number of ketones is 1. The third-order valence-corrected chi connectivity index (χ3v) is 4.85. The molecule has 0 amide bonds. The molecule has 29 heavy (non-hydrogen) atoms. The molecule has 150 valence electrons. The van der Waals surface area contributed by atoms with Crippen molar-refractivity contribution in [2.24, 2.45) is 0 Å². The van der Waals surface area contributed by atoms with Crippen molar-refractivity contribution in [1.82, 2.24) is 9.78 Å². The second kappa shape index (κ2) is 8.03. The normalized spacial score (nSPS) is 11.3. The zero-order valence-corrected chi connectivity index (χ0v) is 17.6. The molecule has 0 saturated heterocycles. The van der Waals surface area contributed by atoms with Crippen LogP contribution in [-0.4, -0.2) is 15.6 Å². The Morgan fingerprint density at radius 3 is 2.24 bits per heavy atom. The number of nitrogens with zero attached hydrogens (tertiary/aromatic N) is 2. The van der Waals surface area contributed by atoms with Gasteiger partial charge in [-0.3, -0.25) is 9.59 Å². The van der Waals surface area contributed by atoms with Gasteiger partial charge in [0.25, 0.3) is 5.56 Å². The maximum atomic E-state index is 13.2. The van der Waals surface area contributed by atoms with E-state index >= 15 is 0 Å². The predicted molar refractivity (Wildman–Crippen MR) is 118 cm³/mol. The SMILES string of the molecule is CCn1nc(-c2ccccc2)c(C(C)=O)c(Nc2ccccc2C(C)(C)C)c1=O. The first-order chi connectivity index (χ1) is 13.7. The molecule has 0 saturated carbocycles. The Bertz CT molecular complexity index is 1090. The van der Waals surface area contributed by atoms with Crippen molar-refractivity contribution in [2.45, 2.75) is 46.6 Å². The molecule has 2 aromatic carbocycles. The van der Waals surface area contributed by atoms with Crippen molar-refractivity contribution in [2.75, 3.05) is 5.32 Å². The van der Waals surface area contributed by atoms with E-state index in [-0.39, 0.29) is 22.4 Å². The summed E-state index contributed by atoms with van der Waals surface area (Å²) in [7, 11) is 0. The average molecular weight is 389 g/mol. The van der Waals surface area contributed by atoms with Crippen LogP contribution in [0.3, 0.4) is 0 Å². The number of nitrogens with one attached hydrogen (secondary N) is 1. The highest BCUT2D eigenvalue weighted by molar-refractivity contribution is 6.05. The van der Waals surface area contributed by atoms with Gasteiger partial charge in [0.1, 0.15) is 11.4 Å². The number of carbonyl (C=O) groups excluding carboxylic acids is 1. The molecule has 0 atom stereocenters. The van der Waals surface area contributed by atoms with Gasteiger partial charge in [0.15, 0.2) is 5.78 Å². The lowest BCUT2D eigenvalue weighted by Gasteiger charge is -2.24. The summed E-state index contributed by atoms with van der Waals surface area (Å²) in [6, 6.07) is 17.3. The lowest BCUT2D eigenvalue weighted by atomic mass is 9.85. The summed E-state index contributed by atoms with van der Waals surface area (Å²) >= 11 is 0. The van der Waals surface area contributed by atoms with Gasteiger partial charge >= 0.3 is 0 Å². The summed E-state index contributed by atoms with van der Waals surface area (Å²) in [6.07, 6.45) is 0. The Labute approximate surface area is 171 Å². The number of aryl methyl sites for hydroxylation is 1. The van der Waals surface area contributed by atoms with Gasteiger partial charge in [-0.2, -0.15) is 5.10 Å². The van der Waals surface area contributed by atoms with Crippen molar-refractivity contribution < 1.29 is 4.79 Å². The number of hydrogen-bond acceptors (Lipinski definition) is 4. The van der Waals surface area contributed by atoms with E-state index in [1.54, 1.807) is 0 Å². The van der Waals surface area contributed by atoms with Gasteiger partial charge in [-0.1, -0.05) is 69.3 Å². The Hall–Kier alpha value is -3.21. The van der Waals surface area contributed by atoms with Gasteiger partial charge in [-0.15, -0.1) is 0 Å². The van der Waals surface area contributed by atoms with E-state index in [0.717, 1.165) is 16.8 Å². The minimum Gasteiger partial charge on any atom is -0.350 e. The Balaban J connectivity index is 2.30. The number of benzene rings is 2. The number of rotatable bonds is 5. The van der Waals surface area contributed by atoms with E-state index in [2.05, 4.69) is 31.2 Å². The molecule has 0 aliphatic rings. The minimum absolute atomic E-state index is 0.126. The van der Waals surface area contributed by atoms with Crippen LogP contribution in [0.1, 0.15) is 50.5 Å². The maximum absolute atomic E-state index is 13.2. The van der Waals surface area contributed by atoms with E-state index in [9.17, 15) is 9.59 Å². The van der Waals surface area contributed by atoms with Crippen LogP contribution in [0.2, 0.25) is 0 Å². The van der Waals surface area contributed by atoms with Gasteiger partial charge in [0.2, 0.25) is 0 Å². The van der Waals surface area contributed by atoms with Crippen LogP contribution in [0.15, 0.2) is 59.4 Å². The first-order valence-corrected chi connectivity index (χ1v) is 9.82. The Morgan fingerprint density at radius 2 is 1.66 bits per heavy atom. The van der Waals surface area contributed by atoms with Gasteiger partial charge in [-0.25, -0.2) is 4.68 Å². The van der Waals surface area contributed by atoms with Crippen molar-refractivity contribution in [3.8, 4) is 11.3 Å². The van der Waals surface area contributed by atoms with E-state index < -0.39 is 0 Å². The number of carbonyl (C=O) groups is 1. The molecule has 1 aromatic heterocycles. The molecule has 0 aliphatic carbocycles. The van der Waals surface area contributed by atoms with E-state index in [1.807, 2.05) is 61.5 Å². The molecular weight excluding hydrogens is 362 g/mol. The smallest absolute Gasteiger partial charge is 0.291 e. The lowest BCUT2D eigenvalue weighted by Crippen LogP contribution is -2.28. The molecule has 3 aromatic rings. The van der Waals surface area contributed by atoms with Crippen LogP contribution in [0.25, 0.3) is 11.3 Å². The largest absolute Gasteiger partial charge is 0.350 e. The maximum Gasteiger partial charge on any atom is 0.291 e. The van der Waals surface area contributed by atoms with E-state index in [4.69, 9.17) is 0 Å². The fourth-order valence-corrected chi connectivity index (χ4v) is 3.42. The topological polar surface area (TPSA) is 64.0 Å². The zero-order valence-electron chi connectivity index (χ0n) is 17.6. The summed E-state index contributed by atoms with van der Waals surface area (Å²) in [5.74, 6) is -0.201. The Morgan fingerprint density at radius 1 is 1.03 bits per heavy atom. The number of anilines is 2. The fraction of sp³-hybridized carbons (Fsp3) is 0.292. The highest BCUT2D eigenvalue weighted by Crippen LogP contribution is 2.33. The molecule has 1 heterocycles. The molecule has 5 heteroatoms. The summed E-state index contributed by atoms with van der Waals surface area (Å²) in [4.78, 5) is 25.8. The van der Waals surface area contributed by atoms with Gasteiger partial charge in [-0.05, 0) is 30.9 Å². The molecule has 3 rings (SSSR count). The summed E-state index contributed by atoms with van der Waals surface area (Å²) < 4.78 is 1.40. The molecule has 0 radical (unpaired) electrons. The minimum atomic E-state index is -0.305. The number of aromatic nitrogens is 2. The number of para-hydroxylation sites is 1. The predicted octanol–water partition coefficient (Wildman–Crippen LogP) is 5.17. The molecular formula is C24H27N3O2. The molecule has 0 aliphatic heterocycles. The first kappa shape index (κ1) is 20.5. The highest BCUT2D eigenvalue weighted by Gasteiger charge is 2.24. The van der Waals surface area contributed by atoms with Crippen LogP contribution < -0.4 is 10.9 Å². The van der Waals surface area contributed by atoms with Crippen LogP contribution in [-0.2, 0) is 12.0 Å². The quantitative estimate of drug-likeness (QED) is 0.611. The van der Waals surface area contributed by atoms with Crippen molar-refractivity contribution >= 4 is 17.2 Å². The average Bonchev–Trinajstić information content (AvgIpc) is 2.69. The third kappa shape index (κ3) is 4.14. The molecule has 0 fully saturated rings. The molecule has 1 N–H and O–H groups in total. The second-order valence-corrected chi connectivity index (χ2v) is 8.06. The zero-order chi connectivity index (χ0) is 21.2. The molecule has 0 spiro atoms. The van der Waals surface area contributed by atoms with E-state index in [1.165, 1.54) is 11.6 Å². The Kier molecular flexibility index (Phi) is 5.69. The number of hydrogen-bond donors (Lipinski definition) is 1. The van der Waals surface area contributed by atoms with Crippen molar-refractivity contribution in [3.05, 3.63) is 76.1 Å². The van der Waals surface area contributed by atoms with Crippen LogP contribution in [0, 0.1) is 0 Å². The van der Waals surface area contributed by atoms with Gasteiger partial charge < -0.3 is 5.32 Å². The summed E-state index contributed by atoms with van der Waals surface area (Å²) in [6.45, 7) is 10.1. The van der Waals surface area contributed by atoms with Crippen LogP contribution in [0.5, 0.6) is 0 Å².